The van der Waals surface area contributed by atoms with Crippen LogP contribution in [0.3, 0.4) is 0 Å². The zero-order valence-electron chi connectivity index (χ0n) is 19.5. The SMILES string of the molecule is CCN(CC)C(=O)/C(C#N)=C/c1cc(O)c(O)c([N+](=O)[O-])c1.N[C@@H](Cc1ccc(O)c(O)c1)C(=O)O. The number of phenols is 4. The van der Waals surface area contributed by atoms with Gasteiger partial charge in [0.25, 0.3) is 5.91 Å². The lowest BCUT2D eigenvalue weighted by molar-refractivity contribution is -0.386. The molecule has 1 atom stereocenters. The van der Waals surface area contributed by atoms with Gasteiger partial charge >= 0.3 is 11.7 Å². The molecule has 2 rings (SSSR count). The molecule has 0 saturated carbocycles. The predicted octanol–water partition coefficient (Wildman–Crippen LogP) is 1.83. The highest BCUT2D eigenvalue weighted by Crippen LogP contribution is 2.36. The van der Waals surface area contributed by atoms with Crippen LogP contribution in [0.5, 0.6) is 23.0 Å². The van der Waals surface area contributed by atoms with Gasteiger partial charge in [-0.2, -0.15) is 5.26 Å². The van der Waals surface area contributed by atoms with Gasteiger partial charge in [0.1, 0.15) is 17.7 Å². The molecular weight excluding hydrogens is 476 g/mol. The smallest absolute Gasteiger partial charge is 0.320 e. The number of nitriles is 1. The normalized spacial score (nSPS) is 11.4. The van der Waals surface area contributed by atoms with Crippen molar-refractivity contribution in [2.75, 3.05) is 13.1 Å². The number of rotatable bonds is 8. The van der Waals surface area contributed by atoms with E-state index in [0.29, 0.717) is 18.7 Å². The Morgan fingerprint density at radius 2 is 1.72 bits per heavy atom. The Morgan fingerprint density at radius 1 is 1.11 bits per heavy atom. The van der Waals surface area contributed by atoms with Gasteiger partial charge in [-0.3, -0.25) is 19.7 Å². The number of phenolic OH excluding ortho intramolecular Hbond substituents is 4. The molecule has 7 N–H and O–H groups in total. The van der Waals surface area contributed by atoms with Crippen molar-refractivity contribution in [3.8, 4) is 29.1 Å². The van der Waals surface area contributed by atoms with E-state index in [4.69, 9.17) is 26.3 Å². The van der Waals surface area contributed by atoms with Crippen LogP contribution < -0.4 is 5.73 Å². The van der Waals surface area contributed by atoms with Gasteiger partial charge in [-0.25, -0.2) is 0 Å². The molecular formula is C23H26N4O9. The molecule has 1 amide bonds. The van der Waals surface area contributed by atoms with Crippen LogP contribution in [0.25, 0.3) is 6.08 Å². The third-order valence-corrected chi connectivity index (χ3v) is 4.81. The second-order valence-corrected chi connectivity index (χ2v) is 7.28. The molecule has 0 fully saturated rings. The topological polar surface area (TPSA) is 231 Å². The third-order valence-electron chi connectivity index (χ3n) is 4.81. The van der Waals surface area contributed by atoms with E-state index < -0.39 is 40.0 Å². The van der Waals surface area contributed by atoms with E-state index in [0.717, 1.165) is 18.2 Å². The summed E-state index contributed by atoms with van der Waals surface area (Å²) in [5.74, 6) is -3.69. The number of carboxylic acid groups (broad SMARTS) is 1. The number of nitro groups is 1. The highest BCUT2D eigenvalue weighted by atomic mass is 16.6. The Balaban J connectivity index is 0.000000397. The summed E-state index contributed by atoms with van der Waals surface area (Å²) in [6.45, 7) is 4.34. The number of carbonyl (C=O) groups is 2. The van der Waals surface area contributed by atoms with E-state index in [1.54, 1.807) is 19.9 Å². The second kappa shape index (κ2) is 13.2. The average molecular weight is 502 g/mol. The first-order valence-electron chi connectivity index (χ1n) is 10.5. The first-order valence-corrected chi connectivity index (χ1v) is 10.5. The number of carboxylic acids is 1. The van der Waals surface area contributed by atoms with E-state index in [9.17, 15) is 29.9 Å². The zero-order valence-corrected chi connectivity index (χ0v) is 19.5. The van der Waals surface area contributed by atoms with Gasteiger partial charge in [0, 0.05) is 19.2 Å². The molecule has 0 bridgehead atoms. The molecule has 0 unspecified atom stereocenters. The first-order chi connectivity index (χ1) is 16.9. The minimum Gasteiger partial charge on any atom is -0.504 e. The van der Waals surface area contributed by atoms with Gasteiger partial charge in [0.2, 0.25) is 5.75 Å². The van der Waals surface area contributed by atoms with Crippen LogP contribution in [0.4, 0.5) is 5.69 Å². The monoisotopic (exact) mass is 502 g/mol. The van der Waals surface area contributed by atoms with E-state index in [-0.39, 0.29) is 29.1 Å². The first kappa shape index (κ1) is 29.2. The summed E-state index contributed by atoms with van der Waals surface area (Å²) >= 11 is 0. The maximum atomic E-state index is 12.1. The maximum Gasteiger partial charge on any atom is 0.320 e. The van der Waals surface area contributed by atoms with E-state index in [1.165, 1.54) is 23.1 Å². The molecule has 13 heteroatoms. The largest absolute Gasteiger partial charge is 0.504 e. The van der Waals surface area contributed by atoms with Crippen LogP contribution in [0.15, 0.2) is 35.9 Å². The average Bonchev–Trinajstić information content (AvgIpc) is 2.82. The fraction of sp³-hybridized carbons (Fsp3) is 0.261. The second-order valence-electron chi connectivity index (χ2n) is 7.28. The number of nitrogens with zero attached hydrogens (tertiary/aromatic N) is 3. The summed E-state index contributed by atoms with van der Waals surface area (Å²) in [4.78, 5) is 33.9. The number of nitrogens with two attached hydrogens (primary N) is 1. The number of benzene rings is 2. The fourth-order valence-corrected chi connectivity index (χ4v) is 2.87. The van der Waals surface area contributed by atoms with Crippen LogP contribution in [-0.2, 0) is 16.0 Å². The van der Waals surface area contributed by atoms with Crippen LogP contribution in [0, 0.1) is 21.4 Å². The Morgan fingerprint density at radius 3 is 2.19 bits per heavy atom. The highest BCUT2D eigenvalue weighted by Gasteiger charge is 2.20. The minimum absolute atomic E-state index is 0.0686. The van der Waals surface area contributed by atoms with Gasteiger partial charge in [-0.1, -0.05) is 6.07 Å². The van der Waals surface area contributed by atoms with E-state index in [1.807, 2.05) is 0 Å². The van der Waals surface area contributed by atoms with Crippen molar-refractivity contribution in [2.24, 2.45) is 5.73 Å². The van der Waals surface area contributed by atoms with Gasteiger partial charge < -0.3 is 36.2 Å². The Bertz CT molecular complexity index is 1200. The summed E-state index contributed by atoms with van der Waals surface area (Å²) in [6.07, 6.45) is 1.25. The Hall–Kier alpha value is -4.83. The Labute approximate surface area is 205 Å². The molecule has 0 aromatic heterocycles. The number of nitro benzene ring substituents is 1. The fourth-order valence-electron chi connectivity index (χ4n) is 2.87. The van der Waals surface area contributed by atoms with Gasteiger partial charge in [0.05, 0.1) is 4.92 Å². The lowest BCUT2D eigenvalue weighted by atomic mass is 10.1. The minimum atomic E-state index is -1.10. The van der Waals surface area contributed by atoms with Crippen molar-refractivity contribution in [3.05, 3.63) is 57.1 Å². The molecule has 192 valence electrons. The number of likely N-dealkylation sites (N-methyl/N-ethyl adjacent to an activating group) is 1. The van der Waals surface area contributed by atoms with Crippen LogP contribution in [-0.4, -0.2) is 66.4 Å². The number of aromatic hydroxyl groups is 4. The predicted molar refractivity (Wildman–Crippen MR) is 127 cm³/mol. The molecule has 0 aliphatic heterocycles. The van der Waals surface area contributed by atoms with E-state index >= 15 is 0 Å². The summed E-state index contributed by atoms with van der Waals surface area (Å²) in [6, 6.07) is 6.84. The number of hydrogen-bond acceptors (Lipinski definition) is 10. The molecule has 0 saturated heterocycles. The van der Waals surface area contributed by atoms with Crippen molar-refractivity contribution >= 4 is 23.6 Å². The molecule has 0 spiro atoms. The summed E-state index contributed by atoms with van der Waals surface area (Å²) < 4.78 is 0. The number of amides is 1. The summed E-state index contributed by atoms with van der Waals surface area (Å²) in [5, 5.41) is 65.4. The quantitative estimate of drug-likeness (QED) is 0.100. The van der Waals surface area contributed by atoms with Crippen LogP contribution in [0.1, 0.15) is 25.0 Å². The Kier molecular flexibility index (Phi) is 10.7. The third kappa shape index (κ3) is 7.89. The van der Waals surface area contributed by atoms with E-state index in [2.05, 4.69) is 0 Å². The number of carbonyl (C=O) groups excluding carboxylic acids is 1. The summed E-state index contributed by atoms with van der Waals surface area (Å²) in [7, 11) is 0. The van der Waals surface area contributed by atoms with Gasteiger partial charge in [-0.15, -0.1) is 0 Å². The van der Waals surface area contributed by atoms with Crippen molar-refractivity contribution in [1.82, 2.24) is 4.90 Å². The lowest BCUT2D eigenvalue weighted by Gasteiger charge is -2.17. The van der Waals surface area contributed by atoms with Gasteiger partial charge in [0.15, 0.2) is 17.2 Å². The van der Waals surface area contributed by atoms with Crippen molar-refractivity contribution < 1.29 is 40.0 Å². The zero-order chi connectivity index (χ0) is 27.6. The standard InChI is InChI=1S/C14H15N3O5.C9H11NO4/c1-3-16(4-2)14(20)10(8-15)5-9-6-11(17(21)22)13(19)12(18)7-9;10-6(9(13)14)3-5-1-2-7(11)8(12)4-5/h5-7,18-19H,3-4H2,1-2H3;1-2,4,6,11-12H,3,10H2,(H,13,14)/b10-5+;/t;6-/m.0/s1. The molecule has 0 radical (unpaired) electrons. The van der Waals surface area contributed by atoms with Crippen LogP contribution >= 0.6 is 0 Å². The molecule has 0 heterocycles. The molecule has 36 heavy (non-hydrogen) atoms. The van der Waals surface area contributed by atoms with Crippen molar-refractivity contribution in [1.29, 1.82) is 5.26 Å². The van der Waals surface area contributed by atoms with Crippen molar-refractivity contribution in [3.63, 3.8) is 0 Å². The lowest BCUT2D eigenvalue weighted by Crippen LogP contribution is -2.32. The van der Waals surface area contributed by atoms with Gasteiger partial charge in [-0.05, 0) is 55.7 Å². The molecule has 2 aromatic rings. The molecule has 2 aromatic carbocycles. The number of hydrogen-bond donors (Lipinski definition) is 6. The summed E-state index contributed by atoms with van der Waals surface area (Å²) in [5.41, 5.74) is 5.00. The van der Waals surface area contributed by atoms with Crippen LogP contribution in [0.2, 0.25) is 0 Å². The number of aliphatic carboxylic acids is 1. The van der Waals surface area contributed by atoms with Crippen molar-refractivity contribution in [2.45, 2.75) is 26.3 Å². The maximum absolute atomic E-state index is 12.1. The molecule has 0 aliphatic carbocycles. The molecule has 13 nitrogen and oxygen atoms in total. The molecule has 0 aliphatic rings. The highest BCUT2D eigenvalue weighted by molar-refractivity contribution is 6.01.